The molecule has 6 fully saturated rings. The highest BCUT2D eigenvalue weighted by Gasteiger charge is 2.71. The number of anilines is 2. The monoisotopic (exact) mass is 635 g/mol. The summed E-state index contributed by atoms with van der Waals surface area (Å²) in [4.78, 5) is 41.0. The third kappa shape index (κ3) is 5.93. The summed E-state index contributed by atoms with van der Waals surface area (Å²) in [6.07, 6.45) is 5.17. The van der Waals surface area contributed by atoms with Gasteiger partial charge in [0.2, 0.25) is 11.8 Å². The van der Waals surface area contributed by atoms with E-state index in [4.69, 9.17) is 17.3 Å². The molecule has 1 aromatic heterocycles. The summed E-state index contributed by atoms with van der Waals surface area (Å²) in [5.41, 5.74) is 7.33. The van der Waals surface area contributed by atoms with Crippen molar-refractivity contribution < 1.29 is 23.2 Å². The normalized spacial score (nSPS) is 29.5. The van der Waals surface area contributed by atoms with E-state index in [0.717, 1.165) is 38.5 Å². The minimum atomic E-state index is -0.340. The van der Waals surface area contributed by atoms with E-state index in [9.17, 15) is 23.2 Å². The van der Waals surface area contributed by atoms with Gasteiger partial charge in [0.1, 0.15) is 22.5 Å². The fourth-order valence-electron chi connectivity index (χ4n) is 7.83. The lowest BCUT2D eigenvalue weighted by Gasteiger charge is -2.72. The van der Waals surface area contributed by atoms with Gasteiger partial charge in [-0.05, 0) is 110 Å². The molecule has 5 N–H and O–H groups in total. The Bertz CT molecular complexity index is 1610. The van der Waals surface area contributed by atoms with Gasteiger partial charge in [0.25, 0.3) is 5.91 Å². The van der Waals surface area contributed by atoms with Gasteiger partial charge >= 0.3 is 0 Å². The second kappa shape index (κ2) is 11.2. The molecule has 6 aliphatic carbocycles. The third-order valence-corrected chi connectivity index (χ3v) is 10.6. The maximum atomic E-state index is 13.0. The van der Waals surface area contributed by atoms with Crippen molar-refractivity contribution in [1.29, 1.82) is 0 Å². The van der Waals surface area contributed by atoms with Crippen LogP contribution in [0, 0.1) is 34.3 Å². The Labute approximate surface area is 265 Å². The molecule has 6 saturated carbocycles. The number of nitrogens with one attached hydrogen (secondary N) is 3. The van der Waals surface area contributed by atoms with E-state index in [1.807, 2.05) is 13.8 Å². The van der Waals surface area contributed by atoms with Crippen LogP contribution in [0.3, 0.4) is 0 Å². The lowest BCUT2D eigenvalue weighted by Crippen LogP contribution is -2.77. The predicted molar refractivity (Wildman–Crippen MR) is 167 cm³/mol. The second-order valence-corrected chi connectivity index (χ2v) is 14.1. The number of halogens is 3. The number of rotatable bonds is 8. The number of carbonyl (C=O) groups excluding carboxylic acids is 3. The van der Waals surface area contributed by atoms with Crippen LogP contribution in [0.2, 0.25) is 5.15 Å². The van der Waals surface area contributed by atoms with Crippen LogP contribution in [0.1, 0.15) is 62.9 Å². The molecule has 0 spiro atoms. The number of hydrogen-bond donors (Lipinski definition) is 4. The number of nitrogens with zero attached hydrogens (tertiary/aromatic N) is 1. The highest BCUT2D eigenvalue weighted by atomic mass is 35.5. The largest absolute Gasteiger partial charge is 0.345 e. The highest BCUT2D eigenvalue weighted by molar-refractivity contribution is 6.29. The molecule has 45 heavy (non-hydrogen) atoms. The number of benzene rings is 2. The van der Waals surface area contributed by atoms with Gasteiger partial charge in [0.15, 0.2) is 0 Å². The van der Waals surface area contributed by atoms with Gasteiger partial charge in [-0.3, -0.25) is 14.4 Å². The maximum Gasteiger partial charge on any atom is 0.270 e. The van der Waals surface area contributed by atoms with E-state index >= 15 is 0 Å². The molecule has 2 atom stereocenters. The molecule has 3 amide bonds. The lowest BCUT2D eigenvalue weighted by atomic mass is 9.36. The SMILES string of the molecule is C[C@@H](C(=O)Nc1ccc(F)cc1)C12CC(N)(C1)C2.C[C@@H](C(=O)Nc1ccc(F)cc1)C12CC(NC(=O)c3cccc(Cl)n3)(C1)C2. The van der Waals surface area contributed by atoms with Gasteiger partial charge in [-0.25, -0.2) is 13.8 Å². The first-order valence-corrected chi connectivity index (χ1v) is 15.5. The highest BCUT2D eigenvalue weighted by Crippen LogP contribution is 2.71. The maximum absolute atomic E-state index is 13.0. The standard InChI is InChI=1S/C20H19ClFN3O2.C14H17FN2O/c1-12(17(26)23-14-7-5-13(22)6-8-14)19-9-20(10-19,11-19)25-18(27)15-3-2-4-16(21)24-15;1-9(13-6-14(16,7-13)8-13)12(18)17-11-4-2-10(15)3-5-11/h2-8,12H,9-11H2,1H3,(H,23,26)(H,25,27);2-5,9H,6-8,16H2,1H3,(H,17,18)/t12-,19?,20?;9-,13?,14?/m00/s1. The van der Waals surface area contributed by atoms with Crippen molar-refractivity contribution in [3.05, 3.63) is 89.2 Å². The smallest absolute Gasteiger partial charge is 0.270 e. The molecule has 8 nitrogen and oxygen atoms in total. The van der Waals surface area contributed by atoms with Crippen molar-refractivity contribution in [2.75, 3.05) is 10.6 Å². The number of carbonyl (C=O) groups is 3. The van der Waals surface area contributed by atoms with Crippen LogP contribution < -0.4 is 21.7 Å². The predicted octanol–water partition coefficient (Wildman–Crippen LogP) is 6.08. The molecule has 0 radical (unpaired) electrons. The zero-order chi connectivity index (χ0) is 32.2. The molecule has 0 unspecified atom stereocenters. The van der Waals surface area contributed by atoms with Crippen LogP contribution in [-0.4, -0.2) is 33.8 Å². The summed E-state index contributed by atoms with van der Waals surface area (Å²) in [6, 6.07) is 16.5. The Hall–Kier alpha value is -3.89. The number of amides is 3. The fourth-order valence-corrected chi connectivity index (χ4v) is 7.99. The number of pyridine rings is 1. The molecule has 11 heteroatoms. The van der Waals surface area contributed by atoms with Crippen LogP contribution in [0.4, 0.5) is 20.2 Å². The third-order valence-electron chi connectivity index (χ3n) is 10.4. The van der Waals surface area contributed by atoms with Crippen LogP contribution >= 0.6 is 11.6 Å². The Morgan fingerprint density at radius 3 is 1.62 bits per heavy atom. The molecule has 0 saturated heterocycles. The van der Waals surface area contributed by atoms with E-state index in [1.165, 1.54) is 24.3 Å². The average molecular weight is 636 g/mol. The van der Waals surface area contributed by atoms with Crippen molar-refractivity contribution in [3.63, 3.8) is 0 Å². The van der Waals surface area contributed by atoms with Crippen LogP contribution in [0.5, 0.6) is 0 Å². The molecular formula is C34H36ClF2N5O3. The summed E-state index contributed by atoms with van der Waals surface area (Å²) in [5.74, 6) is -1.19. The quantitative estimate of drug-likeness (QED) is 0.223. The molecule has 3 aromatic rings. The van der Waals surface area contributed by atoms with Gasteiger partial charge in [-0.2, -0.15) is 0 Å². The first kappa shape index (κ1) is 31.1. The molecule has 236 valence electrons. The van der Waals surface area contributed by atoms with Crippen LogP contribution in [0.15, 0.2) is 66.7 Å². The van der Waals surface area contributed by atoms with E-state index in [0.29, 0.717) is 17.1 Å². The van der Waals surface area contributed by atoms with E-state index < -0.39 is 0 Å². The van der Waals surface area contributed by atoms with Crippen molar-refractivity contribution in [2.24, 2.45) is 28.4 Å². The molecule has 6 aliphatic rings. The van der Waals surface area contributed by atoms with Gasteiger partial charge in [-0.1, -0.05) is 31.5 Å². The number of hydrogen-bond acceptors (Lipinski definition) is 5. The minimum Gasteiger partial charge on any atom is -0.345 e. The minimum absolute atomic E-state index is 0.00311. The van der Waals surface area contributed by atoms with E-state index in [1.54, 1.807) is 42.5 Å². The number of nitrogens with two attached hydrogens (primary N) is 1. The van der Waals surface area contributed by atoms with Gasteiger partial charge in [0.05, 0.1) is 0 Å². The summed E-state index contributed by atoms with van der Waals surface area (Å²) >= 11 is 5.84. The van der Waals surface area contributed by atoms with Gasteiger partial charge < -0.3 is 21.7 Å². The zero-order valence-electron chi connectivity index (χ0n) is 25.1. The van der Waals surface area contributed by atoms with Crippen LogP contribution in [-0.2, 0) is 9.59 Å². The van der Waals surface area contributed by atoms with Crippen molar-refractivity contribution >= 4 is 40.7 Å². The zero-order valence-corrected chi connectivity index (χ0v) is 25.9. The van der Waals surface area contributed by atoms with E-state index in [2.05, 4.69) is 20.9 Å². The first-order valence-electron chi connectivity index (χ1n) is 15.1. The van der Waals surface area contributed by atoms with Crippen molar-refractivity contribution in [1.82, 2.24) is 10.3 Å². The van der Waals surface area contributed by atoms with E-state index in [-0.39, 0.29) is 68.3 Å². The van der Waals surface area contributed by atoms with Gasteiger partial charge in [0, 0.05) is 34.3 Å². The Balaban J connectivity index is 0.000000172. The fraction of sp³-hybridized carbons (Fsp3) is 0.412. The summed E-state index contributed by atoms with van der Waals surface area (Å²) in [7, 11) is 0. The second-order valence-electron chi connectivity index (χ2n) is 13.7. The van der Waals surface area contributed by atoms with Crippen molar-refractivity contribution in [3.8, 4) is 0 Å². The Kier molecular flexibility index (Phi) is 7.72. The molecule has 4 bridgehead atoms. The van der Waals surface area contributed by atoms with Crippen molar-refractivity contribution in [2.45, 2.75) is 63.5 Å². The molecule has 2 aromatic carbocycles. The van der Waals surface area contributed by atoms with Crippen LogP contribution in [0.25, 0.3) is 0 Å². The molecule has 9 rings (SSSR count). The Morgan fingerprint density at radius 2 is 1.20 bits per heavy atom. The topological polar surface area (TPSA) is 126 Å². The molecule has 0 aliphatic heterocycles. The molecule has 1 heterocycles. The Morgan fingerprint density at radius 1 is 0.756 bits per heavy atom. The molecular weight excluding hydrogens is 600 g/mol. The average Bonchev–Trinajstić information content (AvgIpc) is 2.94. The lowest BCUT2D eigenvalue weighted by molar-refractivity contribution is -0.184. The summed E-state index contributed by atoms with van der Waals surface area (Å²) < 4.78 is 25.7. The van der Waals surface area contributed by atoms with Gasteiger partial charge in [-0.15, -0.1) is 0 Å². The number of aromatic nitrogens is 1. The summed E-state index contributed by atoms with van der Waals surface area (Å²) in [6.45, 7) is 3.86. The first-order chi connectivity index (χ1) is 21.2. The summed E-state index contributed by atoms with van der Waals surface area (Å²) in [5, 5.41) is 8.99.